The van der Waals surface area contributed by atoms with Crippen LogP contribution < -0.4 is 5.32 Å². The number of aliphatic hydroxyl groups excluding tert-OH is 1. The predicted molar refractivity (Wildman–Crippen MR) is 93.6 cm³/mol. The fourth-order valence-corrected chi connectivity index (χ4v) is 3.58. The van der Waals surface area contributed by atoms with Crippen LogP contribution in [-0.2, 0) is 0 Å². The Labute approximate surface area is 139 Å². The largest absolute Gasteiger partial charge is 0.396 e. The molecule has 4 nitrogen and oxygen atoms in total. The van der Waals surface area contributed by atoms with E-state index in [0.29, 0.717) is 12.2 Å². The number of thioether (sulfide) groups is 1. The maximum atomic E-state index is 12.0. The van der Waals surface area contributed by atoms with Crippen LogP contribution in [0, 0.1) is 6.92 Å². The van der Waals surface area contributed by atoms with Crippen molar-refractivity contribution in [2.75, 3.05) is 24.7 Å². The first-order valence-corrected chi connectivity index (χ1v) is 9.24. The molecular weight excluding hydrogens is 316 g/mol. The Balaban J connectivity index is 1.86. The summed E-state index contributed by atoms with van der Waals surface area (Å²) in [4.78, 5) is 16.5. The number of aliphatic hydroxyl groups is 1. The van der Waals surface area contributed by atoms with E-state index >= 15 is 0 Å². The van der Waals surface area contributed by atoms with Crippen molar-refractivity contribution in [2.24, 2.45) is 0 Å². The summed E-state index contributed by atoms with van der Waals surface area (Å²) in [5, 5.41) is 14.2. The second-order valence-corrected chi connectivity index (χ2v) is 6.88. The van der Waals surface area contributed by atoms with Crippen LogP contribution in [-0.4, -0.2) is 40.7 Å². The standard InChI is InChI=1S/C16H20N2O2S2/c1-12-5-2-3-6-13(12)16-18-14(11-22-16)15(20)17-7-10-21-9-4-8-19/h2-3,5-6,11,19H,4,7-10H2,1H3,(H,17,20). The Hall–Kier alpha value is -1.37. The van der Waals surface area contributed by atoms with Crippen LogP contribution in [0.25, 0.3) is 10.6 Å². The van der Waals surface area contributed by atoms with Crippen LogP contribution in [0.15, 0.2) is 29.6 Å². The number of rotatable bonds is 8. The maximum absolute atomic E-state index is 12.0. The zero-order valence-corrected chi connectivity index (χ0v) is 14.2. The molecule has 6 heteroatoms. The topological polar surface area (TPSA) is 62.2 Å². The summed E-state index contributed by atoms with van der Waals surface area (Å²) in [7, 11) is 0. The van der Waals surface area contributed by atoms with Gasteiger partial charge in [0.25, 0.3) is 5.91 Å². The Bertz CT molecular complexity index is 614. The first kappa shape index (κ1) is 17.0. The Morgan fingerprint density at radius 2 is 2.18 bits per heavy atom. The lowest BCUT2D eigenvalue weighted by Crippen LogP contribution is -2.26. The van der Waals surface area contributed by atoms with Gasteiger partial charge in [-0.1, -0.05) is 24.3 Å². The third kappa shape index (κ3) is 4.83. The van der Waals surface area contributed by atoms with E-state index in [9.17, 15) is 4.79 Å². The highest BCUT2D eigenvalue weighted by Crippen LogP contribution is 2.26. The first-order valence-electron chi connectivity index (χ1n) is 7.20. The van der Waals surface area contributed by atoms with Gasteiger partial charge in [-0.2, -0.15) is 11.8 Å². The molecule has 22 heavy (non-hydrogen) atoms. The number of carbonyl (C=O) groups is 1. The average molecular weight is 336 g/mol. The second-order valence-electron chi connectivity index (χ2n) is 4.80. The minimum absolute atomic E-state index is 0.126. The molecule has 0 bridgehead atoms. The summed E-state index contributed by atoms with van der Waals surface area (Å²) in [6, 6.07) is 8.04. The van der Waals surface area contributed by atoms with Crippen molar-refractivity contribution in [3.05, 3.63) is 40.9 Å². The van der Waals surface area contributed by atoms with Crippen LogP contribution in [0.5, 0.6) is 0 Å². The number of aryl methyl sites for hydroxylation is 1. The molecule has 118 valence electrons. The molecule has 0 spiro atoms. The van der Waals surface area contributed by atoms with Crippen LogP contribution >= 0.6 is 23.1 Å². The lowest BCUT2D eigenvalue weighted by molar-refractivity contribution is 0.0952. The summed E-state index contributed by atoms with van der Waals surface area (Å²) in [6.45, 7) is 2.88. The third-order valence-electron chi connectivity index (χ3n) is 3.09. The molecule has 2 rings (SSSR count). The Morgan fingerprint density at radius 1 is 1.36 bits per heavy atom. The number of aromatic nitrogens is 1. The number of amides is 1. The number of benzene rings is 1. The molecule has 0 aliphatic rings. The van der Waals surface area contributed by atoms with Gasteiger partial charge in [0.05, 0.1) is 0 Å². The van der Waals surface area contributed by atoms with E-state index in [1.54, 1.807) is 17.1 Å². The summed E-state index contributed by atoms with van der Waals surface area (Å²) in [5.41, 5.74) is 2.71. The number of hydrogen-bond acceptors (Lipinski definition) is 5. The van der Waals surface area contributed by atoms with E-state index in [1.165, 1.54) is 11.3 Å². The van der Waals surface area contributed by atoms with Crippen molar-refractivity contribution >= 4 is 29.0 Å². The second kappa shape index (κ2) is 8.92. The minimum atomic E-state index is -0.126. The molecular formula is C16H20N2O2S2. The van der Waals surface area contributed by atoms with Gasteiger partial charge in [0.1, 0.15) is 10.7 Å². The van der Waals surface area contributed by atoms with Crippen molar-refractivity contribution in [3.63, 3.8) is 0 Å². The van der Waals surface area contributed by atoms with E-state index < -0.39 is 0 Å². The minimum Gasteiger partial charge on any atom is -0.396 e. The molecule has 1 aromatic carbocycles. The Kier molecular flexibility index (Phi) is 6.89. The zero-order chi connectivity index (χ0) is 15.8. The molecule has 2 N–H and O–H groups in total. The van der Waals surface area contributed by atoms with Gasteiger partial charge in [-0.3, -0.25) is 4.79 Å². The first-order chi connectivity index (χ1) is 10.7. The van der Waals surface area contributed by atoms with Crippen molar-refractivity contribution in [2.45, 2.75) is 13.3 Å². The smallest absolute Gasteiger partial charge is 0.270 e. The fraction of sp³-hybridized carbons (Fsp3) is 0.375. The van der Waals surface area contributed by atoms with Gasteiger partial charge in [-0.05, 0) is 24.7 Å². The number of nitrogens with one attached hydrogen (secondary N) is 1. The van der Waals surface area contributed by atoms with Crippen molar-refractivity contribution in [1.82, 2.24) is 10.3 Å². The maximum Gasteiger partial charge on any atom is 0.270 e. The highest BCUT2D eigenvalue weighted by molar-refractivity contribution is 7.99. The molecule has 0 aliphatic carbocycles. The zero-order valence-electron chi connectivity index (χ0n) is 12.5. The van der Waals surface area contributed by atoms with Gasteiger partial charge in [0, 0.05) is 29.8 Å². The van der Waals surface area contributed by atoms with Gasteiger partial charge in [-0.15, -0.1) is 11.3 Å². The molecule has 1 heterocycles. The molecule has 1 amide bonds. The third-order valence-corrected chi connectivity index (χ3v) is 5.04. The Morgan fingerprint density at radius 3 is 2.95 bits per heavy atom. The van der Waals surface area contributed by atoms with E-state index in [0.717, 1.165) is 34.1 Å². The van der Waals surface area contributed by atoms with Gasteiger partial charge >= 0.3 is 0 Å². The lowest BCUT2D eigenvalue weighted by Gasteiger charge is -2.03. The quantitative estimate of drug-likeness (QED) is 0.728. The highest BCUT2D eigenvalue weighted by Gasteiger charge is 2.12. The number of nitrogens with zero attached hydrogens (tertiary/aromatic N) is 1. The van der Waals surface area contributed by atoms with Crippen molar-refractivity contribution in [1.29, 1.82) is 0 Å². The molecule has 0 saturated carbocycles. The van der Waals surface area contributed by atoms with E-state index in [-0.39, 0.29) is 12.5 Å². The molecule has 0 unspecified atom stereocenters. The summed E-state index contributed by atoms with van der Waals surface area (Å²) < 4.78 is 0. The van der Waals surface area contributed by atoms with Crippen molar-refractivity contribution in [3.8, 4) is 10.6 Å². The van der Waals surface area contributed by atoms with E-state index in [4.69, 9.17) is 5.11 Å². The van der Waals surface area contributed by atoms with Crippen LogP contribution in [0.4, 0.5) is 0 Å². The van der Waals surface area contributed by atoms with Gasteiger partial charge in [-0.25, -0.2) is 4.98 Å². The summed E-state index contributed by atoms with van der Waals surface area (Å²) >= 11 is 3.22. The van der Waals surface area contributed by atoms with E-state index in [2.05, 4.69) is 10.3 Å². The molecule has 2 aromatic rings. The van der Waals surface area contributed by atoms with Crippen LogP contribution in [0.1, 0.15) is 22.5 Å². The molecule has 0 radical (unpaired) electrons. The molecule has 0 fully saturated rings. The average Bonchev–Trinajstić information content (AvgIpc) is 3.01. The fourth-order valence-electron chi connectivity index (χ4n) is 1.91. The van der Waals surface area contributed by atoms with Gasteiger partial charge in [0.15, 0.2) is 0 Å². The number of hydrogen-bond donors (Lipinski definition) is 2. The normalized spacial score (nSPS) is 10.6. The number of thiazole rings is 1. The molecule has 0 aliphatic heterocycles. The summed E-state index contributed by atoms with van der Waals surface area (Å²) in [5.74, 6) is 1.64. The van der Waals surface area contributed by atoms with Gasteiger partial charge < -0.3 is 10.4 Å². The SMILES string of the molecule is Cc1ccccc1-c1nc(C(=O)NCCSCCCO)cs1. The number of carbonyl (C=O) groups excluding carboxylic acids is 1. The van der Waals surface area contributed by atoms with Crippen molar-refractivity contribution < 1.29 is 9.90 Å². The van der Waals surface area contributed by atoms with E-state index in [1.807, 2.05) is 31.2 Å². The monoisotopic (exact) mass is 336 g/mol. The van der Waals surface area contributed by atoms with Gasteiger partial charge in [0.2, 0.25) is 0 Å². The predicted octanol–water partition coefficient (Wildman–Crippen LogP) is 2.96. The lowest BCUT2D eigenvalue weighted by atomic mass is 10.1. The molecule has 1 aromatic heterocycles. The summed E-state index contributed by atoms with van der Waals surface area (Å²) in [6.07, 6.45) is 0.796. The van der Waals surface area contributed by atoms with Crippen LogP contribution in [0.3, 0.4) is 0 Å². The van der Waals surface area contributed by atoms with Crippen LogP contribution in [0.2, 0.25) is 0 Å². The highest BCUT2D eigenvalue weighted by atomic mass is 32.2. The molecule has 0 saturated heterocycles. The molecule has 0 atom stereocenters.